The number of benzene rings is 2. The number of carbonyl (C=O) groups excluding carboxylic acids is 2. The Morgan fingerprint density at radius 1 is 1.05 bits per heavy atom. The molecule has 2 aliphatic rings. The fraction of sp³-hybridized carbons (Fsp3) is 0.533. The Kier molecular flexibility index (Phi) is 11.0. The molecule has 1 heterocycles. The number of ether oxygens (including phenoxy) is 2. The van der Waals surface area contributed by atoms with Crippen LogP contribution in [-0.4, -0.2) is 38.1 Å². The molecule has 2 aromatic rings. The third kappa shape index (κ3) is 8.05. The van der Waals surface area contributed by atoms with Gasteiger partial charge in [-0.05, 0) is 81.2 Å². The van der Waals surface area contributed by atoms with Gasteiger partial charge in [0.05, 0.1) is 26.4 Å². The molecule has 4 rings (SSSR count). The summed E-state index contributed by atoms with van der Waals surface area (Å²) in [6, 6.07) is 10.1. The van der Waals surface area contributed by atoms with Gasteiger partial charge in [-0.2, -0.15) is 0 Å². The lowest BCUT2D eigenvalue weighted by atomic mass is 9.80. The monoisotopic (exact) mass is 572 g/mol. The zero-order chi connectivity index (χ0) is 26.9. The lowest BCUT2D eigenvalue weighted by Gasteiger charge is -2.28. The molecule has 0 aromatic heterocycles. The molecular weight excluding hydrogens is 532 g/mol. The van der Waals surface area contributed by atoms with Crippen LogP contribution in [0, 0.1) is 18.8 Å². The standard InChI is InChI=1S/C17H25NO2.C13H16BrNO2/c1-4-13-6-8-14(9-7-13)17(19)18-15-10-5-12(2)16(11-15)20-3;1-3-11-12(8(2)16)4-9(5-13(11)14)15-10-6-17-7-10/h5,10-11,13-14H,4,6-9H2,1-3H3,(H,18,19);4-5,10,15H,3,6-7H2,1-2H3. The average molecular weight is 574 g/mol. The zero-order valence-corrected chi connectivity index (χ0v) is 24.4. The maximum absolute atomic E-state index is 12.3. The molecule has 0 atom stereocenters. The quantitative estimate of drug-likeness (QED) is 0.327. The molecule has 2 fully saturated rings. The first-order valence-electron chi connectivity index (χ1n) is 13.4. The predicted molar refractivity (Wildman–Crippen MR) is 154 cm³/mol. The van der Waals surface area contributed by atoms with Gasteiger partial charge in [0.25, 0.3) is 0 Å². The molecule has 0 unspecified atom stereocenters. The number of hydrogen-bond donors (Lipinski definition) is 2. The van der Waals surface area contributed by atoms with Gasteiger partial charge in [0.1, 0.15) is 5.75 Å². The van der Waals surface area contributed by atoms with Crippen LogP contribution in [0.15, 0.2) is 34.8 Å². The van der Waals surface area contributed by atoms with Crippen LogP contribution in [0.25, 0.3) is 0 Å². The lowest BCUT2D eigenvalue weighted by Crippen LogP contribution is -2.40. The van der Waals surface area contributed by atoms with Crippen LogP contribution in [0.1, 0.15) is 74.4 Å². The fourth-order valence-corrected chi connectivity index (χ4v) is 5.66. The summed E-state index contributed by atoms with van der Waals surface area (Å²) in [6.07, 6.45) is 6.50. The number of hydrogen-bond acceptors (Lipinski definition) is 5. The smallest absolute Gasteiger partial charge is 0.227 e. The minimum Gasteiger partial charge on any atom is -0.496 e. The van der Waals surface area contributed by atoms with Gasteiger partial charge in [0, 0.05) is 33.4 Å². The number of Topliss-reactive ketones (excluding diaryl/α,β-unsaturated/α-hetero) is 1. The van der Waals surface area contributed by atoms with Crippen molar-refractivity contribution in [3.05, 3.63) is 51.5 Å². The number of halogens is 1. The number of anilines is 2. The first-order chi connectivity index (χ1) is 17.7. The number of amides is 1. The molecule has 0 spiro atoms. The Bertz CT molecular complexity index is 1080. The first kappa shape index (κ1) is 29.2. The van der Waals surface area contributed by atoms with Crippen LogP contribution in [0.3, 0.4) is 0 Å². The highest BCUT2D eigenvalue weighted by atomic mass is 79.9. The van der Waals surface area contributed by atoms with Crippen LogP contribution in [0.2, 0.25) is 0 Å². The minimum absolute atomic E-state index is 0.107. The molecule has 6 nitrogen and oxygen atoms in total. The van der Waals surface area contributed by atoms with Crippen LogP contribution in [0.4, 0.5) is 11.4 Å². The zero-order valence-electron chi connectivity index (χ0n) is 22.8. The lowest BCUT2D eigenvalue weighted by molar-refractivity contribution is -0.121. The fourth-order valence-electron chi connectivity index (χ4n) is 4.92. The van der Waals surface area contributed by atoms with E-state index in [-0.39, 0.29) is 17.6 Å². The van der Waals surface area contributed by atoms with Crippen molar-refractivity contribution in [2.75, 3.05) is 31.0 Å². The largest absolute Gasteiger partial charge is 0.496 e. The van der Waals surface area contributed by atoms with E-state index in [1.165, 1.54) is 19.3 Å². The van der Waals surface area contributed by atoms with E-state index in [4.69, 9.17) is 9.47 Å². The second kappa shape index (κ2) is 14.0. The van der Waals surface area contributed by atoms with Gasteiger partial charge in [-0.1, -0.05) is 42.3 Å². The van der Waals surface area contributed by atoms with Gasteiger partial charge in [-0.25, -0.2) is 0 Å². The molecule has 0 radical (unpaired) electrons. The van der Waals surface area contributed by atoms with Crippen molar-refractivity contribution in [1.29, 1.82) is 0 Å². The molecule has 37 heavy (non-hydrogen) atoms. The van der Waals surface area contributed by atoms with Crippen molar-refractivity contribution >= 4 is 39.0 Å². The average Bonchev–Trinajstić information content (AvgIpc) is 2.87. The van der Waals surface area contributed by atoms with Crippen LogP contribution >= 0.6 is 15.9 Å². The molecule has 1 amide bonds. The summed E-state index contributed by atoms with van der Waals surface area (Å²) < 4.78 is 11.4. The SMILES string of the molecule is CCC1CCC(C(=O)Nc2ccc(C)c(OC)c2)CC1.CCc1c(Br)cc(NC2COC2)cc1C(C)=O. The Morgan fingerprint density at radius 3 is 2.30 bits per heavy atom. The van der Waals surface area contributed by atoms with E-state index in [0.29, 0.717) is 6.04 Å². The number of carbonyl (C=O) groups is 2. The van der Waals surface area contributed by atoms with E-state index in [2.05, 4.69) is 40.4 Å². The Balaban J connectivity index is 0.000000208. The molecular formula is C30H41BrN2O4. The van der Waals surface area contributed by atoms with E-state index in [1.54, 1.807) is 14.0 Å². The highest BCUT2D eigenvalue weighted by molar-refractivity contribution is 9.10. The second-order valence-corrected chi connectivity index (χ2v) is 10.9. The van der Waals surface area contributed by atoms with Crippen LogP contribution < -0.4 is 15.4 Å². The Hall–Kier alpha value is -2.38. The molecule has 7 heteroatoms. The van der Waals surface area contributed by atoms with Crippen molar-refractivity contribution < 1.29 is 19.1 Å². The summed E-state index contributed by atoms with van der Waals surface area (Å²) >= 11 is 3.53. The number of nitrogens with one attached hydrogen (secondary N) is 2. The first-order valence-corrected chi connectivity index (χ1v) is 14.2. The van der Waals surface area contributed by atoms with Crippen LogP contribution in [-0.2, 0) is 16.0 Å². The van der Waals surface area contributed by atoms with Gasteiger partial charge in [-0.15, -0.1) is 0 Å². The third-order valence-corrected chi connectivity index (χ3v) is 8.12. The number of aryl methyl sites for hydroxylation is 1. The highest BCUT2D eigenvalue weighted by Gasteiger charge is 2.25. The molecule has 1 saturated heterocycles. The normalized spacial score (nSPS) is 19.2. The summed E-state index contributed by atoms with van der Waals surface area (Å²) in [7, 11) is 1.65. The highest BCUT2D eigenvalue weighted by Crippen LogP contribution is 2.32. The van der Waals surface area contributed by atoms with Crippen molar-refractivity contribution in [2.45, 2.75) is 72.3 Å². The predicted octanol–water partition coefficient (Wildman–Crippen LogP) is 7.18. The summed E-state index contributed by atoms with van der Waals surface area (Å²) in [5, 5.41) is 6.39. The van der Waals surface area contributed by atoms with Crippen molar-refractivity contribution in [3.63, 3.8) is 0 Å². The van der Waals surface area contributed by atoms with E-state index in [1.807, 2.05) is 37.3 Å². The number of rotatable bonds is 8. The summed E-state index contributed by atoms with van der Waals surface area (Å²) in [4.78, 5) is 23.9. The maximum Gasteiger partial charge on any atom is 0.227 e. The summed E-state index contributed by atoms with van der Waals surface area (Å²) in [5.41, 5.74) is 4.76. The maximum atomic E-state index is 12.3. The van der Waals surface area contributed by atoms with E-state index < -0.39 is 0 Å². The van der Waals surface area contributed by atoms with Crippen LogP contribution in [0.5, 0.6) is 5.75 Å². The van der Waals surface area contributed by atoms with Crippen molar-refractivity contribution in [1.82, 2.24) is 0 Å². The number of ketones is 1. The Labute approximate surface area is 230 Å². The second-order valence-electron chi connectivity index (χ2n) is 10.1. The molecule has 0 bridgehead atoms. The third-order valence-electron chi connectivity index (χ3n) is 7.41. The molecule has 2 aromatic carbocycles. The van der Waals surface area contributed by atoms with Gasteiger partial charge in [0.2, 0.25) is 5.91 Å². The van der Waals surface area contributed by atoms with E-state index >= 15 is 0 Å². The van der Waals surface area contributed by atoms with Crippen molar-refractivity contribution in [2.24, 2.45) is 11.8 Å². The molecule has 1 aliphatic heterocycles. The Morgan fingerprint density at radius 2 is 1.76 bits per heavy atom. The summed E-state index contributed by atoms with van der Waals surface area (Å²) in [6.45, 7) is 9.38. The van der Waals surface area contributed by atoms with Crippen molar-refractivity contribution in [3.8, 4) is 5.75 Å². The number of methoxy groups -OCH3 is 1. The molecule has 2 N–H and O–H groups in total. The molecule has 1 aliphatic carbocycles. The van der Waals surface area contributed by atoms with E-state index in [0.717, 1.165) is 76.7 Å². The summed E-state index contributed by atoms with van der Waals surface area (Å²) in [5.74, 6) is 2.07. The van der Waals surface area contributed by atoms with Gasteiger partial charge in [0.15, 0.2) is 5.78 Å². The van der Waals surface area contributed by atoms with Gasteiger partial charge < -0.3 is 20.1 Å². The van der Waals surface area contributed by atoms with Gasteiger partial charge in [-0.3, -0.25) is 9.59 Å². The molecule has 202 valence electrons. The van der Waals surface area contributed by atoms with Gasteiger partial charge >= 0.3 is 0 Å². The minimum atomic E-state index is 0.107. The van der Waals surface area contributed by atoms with E-state index in [9.17, 15) is 9.59 Å². The topological polar surface area (TPSA) is 76.7 Å². The molecule has 1 saturated carbocycles.